The fourth-order valence-corrected chi connectivity index (χ4v) is 4.88. The highest BCUT2D eigenvalue weighted by Crippen LogP contribution is 2.42. The SMILES string of the molecule is O=C1c2ccccc2-n2nncc2C2c3[nH]c4c(Br)cccc4c3CCN12. The molecule has 2 aromatic carbocycles. The molecule has 4 heterocycles. The lowest BCUT2D eigenvalue weighted by molar-refractivity contribution is 0.0695. The van der Waals surface area contributed by atoms with Crippen LogP contribution in [0.5, 0.6) is 0 Å². The second-order valence-electron chi connectivity index (χ2n) is 6.92. The van der Waals surface area contributed by atoms with Crippen molar-refractivity contribution in [1.29, 1.82) is 0 Å². The van der Waals surface area contributed by atoms with Gasteiger partial charge in [0.2, 0.25) is 0 Å². The Hall–Kier alpha value is -2.93. The van der Waals surface area contributed by atoms with Crippen LogP contribution in [0.15, 0.2) is 53.1 Å². The van der Waals surface area contributed by atoms with Crippen molar-refractivity contribution in [3.8, 4) is 5.69 Å². The molecule has 2 aliphatic rings. The Bertz CT molecular complexity index is 1240. The third kappa shape index (κ3) is 1.92. The molecule has 27 heavy (non-hydrogen) atoms. The van der Waals surface area contributed by atoms with Crippen LogP contribution in [0, 0.1) is 0 Å². The molecule has 0 bridgehead atoms. The van der Waals surface area contributed by atoms with Gasteiger partial charge < -0.3 is 9.88 Å². The summed E-state index contributed by atoms with van der Waals surface area (Å²) in [5.41, 5.74) is 5.72. The number of H-pyrrole nitrogens is 1. The Morgan fingerprint density at radius 2 is 2.04 bits per heavy atom. The highest BCUT2D eigenvalue weighted by Gasteiger charge is 2.40. The number of aromatic nitrogens is 4. The van der Waals surface area contributed by atoms with Crippen LogP contribution in [-0.4, -0.2) is 37.3 Å². The number of nitrogens with zero attached hydrogens (tertiary/aromatic N) is 4. The first kappa shape index (κ1) is 15.2. The van der Waals surface area contributed by atoms with Crippen molar-refractivity contribution >= 4 is 32.7 Å². The number of halogens is 1. The van der Waals surface area contributed by atoms with Crippen molar-refractivity contribution in [3.63, 3.8) is 0 Å². The maximum Gasteiger partial charge on any atom is 0.256 e. The summed E-state index contributed by atoms with van der Waals surface area (Å²) < 4.78 is 2.82. The molecule has 6 rings (SSSR count). The van der Waals surface area contributed by atoms with Gasteiger partial charge in [-0.2, -0.15) is 0 Å². The van der Waals surface area contributed by atoms with Crippen LogP contribution in [0.3, 0.4) is 0 Å². The minimum absolute atomic E-state index is 0.0319. The summed E-state index contributed by atoms with van der Waals surface area (Å²) in [6, 6.07) is 13.6. The van der Waals surface area contributed by atoms with Crippen LogP contribution < -0.4 is 0 Å². The van der Waals surface area contributed by atoms with Crippen molar-refractivity contribution in [2.45, 2.75) is 12.5 Å². The number of hydrogen-bond acceptors (Lipinski definition) is 3. The van der Waals surface area contributed by atoms with E-state index in [0.717, 1.165) is 33.5 Å². The van der Waals surface area contributed by atoms with E-state index in [9.17, 15) is 4.79 Å². The number of benzene rings is 2. The average molecular weight is 420 g/mol. The van der Waals surface area contributed by atoms with E-state index < -0.39 is 0 Å². The second kappa shape index (κ2) is 5.29. The maximum atomic E-state index is 13.4. The Morgan fingerprint density at radius 3 is 2.96 bits per heavy atom. The van der Waals surface area contributed by atoms with Gasteiger partial charge in [0, 0.05) is 22.1 Å². The smallest absolute Gasteiger partial charge is 0.256 e. The van der Waals surface area contributed by atoms with Gasteiger partial charge >= 0.3 is 0 Å². The van der Waals surface area contributed by atoms with Gasteiger partial charge in [0.15, 0.2) is 0 Å². The third-order valence-electron chi connectivity index (χ3n) is 5.59. The summed E-state index contributed by atoms with van der Waals surface area (Å²) in [5, 5.41) is 9.65. The zero-order valence-corrected chi connectivity index (χ0v) is 15.8. The van der Waals surface area contributed by atoms with E-state index in [0.29, 0.717) is 12.1 Å². The summed E-state index contributed by atoms with van der Waals surface area (Å²) in [7, 11) is 0. The highest BCUT2D eigenvalue weighted by molar-refractivity contribution is 9.10. The number of rotatable bonds is 0. The molecule has 7 heteroatoms. The molecule has 1 unspecified atom stereocenters. The topological polar surface area (TPSA) is 66.8 Å². The molecular formula is C20H14BrN5O. The van der Waals surface area contributed by atoms with Crippen LogP contribution in [0.1, 0.15) is 33.4 Å². The predicted molar refractivity (Wildman–Crippen MR) is 104 cm³/mol. The molecule has 0 radical (unpaired) electrons. The van der Waals surface area contributed by atoms with E-state index >= 15 is 0 Å². The van der Waals surface area contributed by atoms with Gasteiger partial charge in [-0.1, -0.05) is 29.5 Å². The van der Waals surface area contributed by atoms with Crippen molar-refractivity contribution in [2.75, 3.05) is 6.54 Å². The molecule has 0 spiro atoms. The van der Waals surface area contributed by atoms with Gasteiger partial charge in [-0.25, -0.2) is 4.68 Å². The van der Waals surface area contributed by atoms with E-state index in [1.165, 1.54) is 10.9 Å². The first-order chi connectivity index (χ1) is 13.2. The van der Waals surface area contributed by atoms with Crippen molar-refractivity contribution in [2.24, 2.45) is 0 Å². The molecule has 2 aromatic heterocycles. The summed E-state index contributed by atoms with van der Waals surface area (Å²) in [5.74, 6) is 0.0319. The van der Waals surface area contributed by atoms with Gasteiger partial charge in [0.1, 0.15) is 6.04 Å². The lowest BCUT2D eigenvalue weighted by Crippen LogP contribution is -2.40. The van der Waals surface area contributed by atoms with Gasteiger partial charge in [0.25, 0.3) is 5.91 Å². The molecule has 132 valence electrons. The molecule has 0 aliphatic carbocycles. The zero-order valence-electron chi connectivity index (χ0n) is 14.2. The number of amides is 1. The Balaban J connectivity index is 1.67. The number of hydrogen-bond donors (Lipinski definition) is 1. The van der Waals surface area contributed by atoms with Crippen LogP contribution in [0.4, 0.5) is 0 Å². The monoisotopic (exact) mass is 419 g/mol. The minimum Gasteiger partial charge on any atom is -0.355 e. The number of para-hydroxylation sites is 2. The Morgan fingerprint density at radius 1 is 1.15 bits per heavy atom. The van der Waals surface area contributed by atoms with Crippen molar-refractivity contribution in [1.82, 2.24) is 24.9 Å². The first-order valence-corrected chi connectivity index (χ1v) is 9.63. The van der Waals surface area contributed by atoms with Gasteiger partial charge in [0.05, 0.1) is 28.7 Å². The minimum atomic E-state index is -0.233. The molecule has 0 fully saturated rings. The van der Waals surface area contributed by atoms with Gasteiger partial charge in [-0.15, -0.1) is 5.10 Å². The normalized spacial score (nSPS) is 17.9. The number of aromatic amines is 1. The molecule has 6 nitrogen and oxygen atoms in total. The third-order valence-corrected chi connectivity index (χ3v) is 6.25. The van der Waals surface area contributed by atoms with E-state index in [4.69, 9.17) is 0 Å². The quantitative estimate of drug-likeness (QED) is 0.473. The Labute approximate surface area is 162 Å². The molecule has 0 saturated heterocycles. The molecule has 4 aromatic rings. The van der Waals surface area contributed by atoms with Crippen molar-refractivity contribution < 1.29 is 4.79 Å². The predicted octanol–water partition coefficient (Wildman–Crippen LogP) is 3.61. The molecule has 1 atom stereocenters. The fourth-order valence-electron chi connectivity index (χ4n) is 4.41. The standard InChI is InChI=1S/C20H14BrN5O/c21-14-6-3-5-11-12-8-9-25-19(18(12)23-17(11)14)16-10-22-24-26(16)15-7-2-1-4-13(15)20(25)27/h1-7,10,19,23H,8-9H2. The maximum absolute atomic E-state index is 13.4. The molecule has 1 amide bonds. The first-order valence-electron chi connectivity index (χ1n) is 8.84. The largest absolute Gasteiger partial charge is 0.355 e. The Kier molecular flexibility index (Phi) is 2.97. The number of carbonyl (C=O) groups excluding carboxylic acids is 1. The second-order valence-corrected chi connectivity index (χ2v) is 7.77. The molecule has 2 aliphatic heterocycles. The van der Waals surface area contributed by atoms with E-state index in [2.05, 4.69) is 37.3 Å². The fraction of sp³-hybridized carbons (Fsp3) is 0.150. The average Bonchev–Trinajstić information content (AvgIpc) is 3.30. The van der Waals surface area contributed by atoms with Gasteiger partial charge in [-0.05, 0) is 46.1 Å². The van der Waals surface area contributed by atoms with Crippen molar-refractivity contribution in [3.05, 3.63) is 75.6 Å². The molecule has 0 saturated carbocycles. The van der Waals surface area contributed by atoms with Crippen LogP contribution >= 0.6 is 15.9 Å². The lowest BCUT2D eigenvalue weighted by atomic mass is 9.95. The summed E-state index contributed by atoms with van der Waals surface area (Å²) in [6.07, 6.45) is 2.58. The van der Waals surface area contributed by atoms with E-state index in [1.54, 1.807) is 10.9 Å². The zero-order chi connectivity index (χ0) is 18.1. The number of nitrogens with one attached hydrogen (secondary N) is 1. The number of fused-ring (bicyclic) bond motifs is 9. The number of carbonyl (C=O) groups is 1. The van der Waals surface area contributed by atoms with Gasteiger partial charge in [-0.3, -0.25) is 4.79 Å². The van der Waals surface area contributed by atoms with Crippen LogP contribution in [0.2, 0.25) is 0 Å². The molecular weight excluding hydrogens is 406 g/mol. The summed E-state index contributed by atoms with van der Waals surface area (Å²) in [4.78, 5) is 18.9. The lowest BCUT2D eigenvalue weighted by Gasteiger charge is -2.34. The summed E-state index contributed by atoms with van der Waals surface area (Å²) >= 11 is 3.64. The summed E-state index contributed by atoms with van der Waals surface area (Å²) in [6.45, 7) is 0.662. The highest BCUT2D eigenvalue weighted by atomic mass is 79.9. The van der Waals surface area contributed by atoms with E-state index in [1.807, 2.05) is 41.3 Å². The van der Waals surface area contributed by atoms with Crippen LogP contribution in [0.25, 0.3) is 16.6 Å². The van der Waals surface area contributed by atoms with Crippen LogP contribution in [-0.2, 0) is 6.42 Å². The molecule has 1 N–H and O–H groups in total. The van der Waals surface area contributed by atoms with E-state index in [-0.39, 0.29) is 11.9 Å².